The number of rotatable bonds is 3. The van der Waals surface area contributed by atoms with E-state index in [1.165, 1.54) is 5.56 Å². The molecule has 5 nitrogen and oxygen atoms in total. The fourth-order valence-corrected chi connectivity index (χ4v) is 3.72. The van der Waals surface area contributed by atoms with Crippen LogP contribution in [-0.2, 0) is 12.8 Å². The molecule has 0 fully saturated rings. The highest BCUT2D eigenvalue weighted by molar-refractivity contribution is 7.00. The number of carbonyl (C=O) groups is 1. The number of hydrogen-bond acceptors (Lipinski definition) is 5. The number of nitrogens with one attached hydrogen (secondary N) is 1. The molecule has 0 radical (unpaired) electrons. The number of amides is 1. The number of aromatic nitrogens is 2. The van der Waals surface area contributed by atoms with E-state index in [2.05, 4.69) is 20.1 Å². The molecular formula is C18H17N3O2S. The summed E-state index contributed by atoms with van der Waals surface area (Å²) in [6.07, 6.45) is 2.05. The van der Waals surface area contributed by atoms with Gasteiger partial charge in [0.2, 0.25) is 0 Å². The van der Waals surface area contributed by atoms with Crippen molar-refractivity contribution in [3.63, 3.8) is 0 Å². The summed E-state index contributed by atoms with van der Waals surface area (Å²) in [4.78, 5) is 12.4. The topological polar surface area (TPSA) is 75.1 Å². The normalized spacial score (nSPS) is 19.9. The van der Waals surface area contributed by atoms with Crippen LogP contribution in [0.15, 0.2) is 42.5 Å². The van der Waals surface area contributed by atoms with Crippen molar-refractivity contribution in [1.29, 1.82) is 0 Å². The van der Waals surface area contributed by atoms with E-state index in [1.54, 1.807) is 18.2 Å². The highest BCUT2D eigenvalue weighted by Gasteiger charge is 2.32. The molecule has 1 aliphatic rings. The van der Waals surface area contributed by atoms with Gasteiger partial charge >= 0.3 is 0 Å². The van der Waals surface area contributed by atoms with Crippen molar-refractivity contribution >= 4 is 28.7 Å². The van der Waals surface area contributed by atoms with Crippen molar-refractivity contribution in [3.05, 3.63) is 59.2 Å². The Hall–Kier alpha value is -2.31. The van der Waals surface area contributed by atoms with Gasteiger partial charge in [0.25, 0.3) is 5.91 Å². The van der Waals surface area contributed by atoms with Gasteiger partial charge in [-0.1, -0.05) is 24.3 Å². The predicted octanol–water partition coefficient (Wildman–Crippen LogP) is 2.34. The van der Waals surface area contributed by atoms with Gasteiger partial charge in [0, 0.05) is 18.5 Å². The van der Waals surface area contributed by atoms with Gasteiger partial charge in [0.05, 0.1) is 17.3 Å². The maximum Gasteiger partial charge on any atom is 0.251 e. The first-order chi connectivity index (χ1) is 11.6. The van der Waals surface area contributed by atoms with Gasteiger partial charge in [0.15, 0.2) is 0 Å². The van der Waals surface area contributed by atoms with Crippen molar-refractivity contribution in [2.45, 2.75) is 24.9 Å². The molecule has 0 saturated heterocycles. The monoisotopic (exact) mass is 339 g/mol. The molecule has 6 heteroatoms. The molecule has 1 amide bonds. The Morgan fingerprint density at radius 3 is 2.83 bits per heavy atom. The average Bonchev–Trinajstić information content (AvgIpc) is 3.07. The zero-order chi connectivity index (χ0) is 16.6. The fraction of sp³-hybridized carbons (Fsp3) is 0.278. The lowest BCUT2D eigenvalue weighted by atomic mass is 9.80. The number of benzene rings is 2. The smallest absolute Gasteiger partial charge is 0.251 e. The van der Waals surface area contributed by atoms with E-state index in [0.29, 0.717) is 18.4 Å². The molecule has 1 aliphatic carbocycles. The van der Waals surface area contributed by atoms with Gasteiger partial charge < -0.3 is 10.4 Å². The van der Waals surface area contributed by atoms with E-state index in [4.69, 9.17) is 0 Å². The number of hydrogen-bond donors (Lipinski definition) is 2. The van der Waals surface area contributed by atoms with Crippen LogP contribution in [-0.4, -0.2) is 31.9 Å². The molecular weight excluding hydrogens is 322 g/mol. The van der Waals surface area contributed by atoms with Crippen molar-refractivity contribution < 1.29 is 9.90 Å². The predicted molar refractivity (Wildman–Crippen MR) is 93.2 cm³/mol. The lowest BCUT2D eigenvalue weighted by molar-refractivity contribution is 0.0260. The van der Waals surface area contributed by atoms with E-state index >= 15 is 0 Å². The molecule has 4 rings (SSSR count). The van der Waals surface area contributed by atoms with E-state index in [1.807, 2.05) is 18.2 Å². The van der Waals surface area contributed by atoms with Crippen LogP contribution in [0.5, 0.6) is 0 Å². The summed E-state index contributed by atoms with van der Waals surface area (Å²) in [7, 11) is 0. The van der Waals surface area contributed by atoms with Gasteiger partial charge in [-0.05, 0) is 42.2 Å². The second-order valence-corrected chi connectivity index (χ2v) is 6.85. The van der Waals surface area contributed by atoms with Crippen molar-refractivity contribution in [2.75, 3.05) is 6.54 Å². The van der Waals surface area contributed by atoms with Gasteiger partial charge in [-0.3, -0.25) is 4.79 Å². The Balaban J connectivity index is 1.45. The molecule has 3 aromatic rings. The quantitative estimate of drug-likeness (QED) is 0.768. The third kappa shape index (κ3) is 2.90. The minimum atomic E-state index is -0.893. The number of fused-ring (bicyclic) bond motifs is 2. The van der Waals surface area contributed by atoms with E-state index in [0.717, 1.165) is 34.7 Å². The van der Waals surface area contributed by atoms with Crippen molar-refractivity contribution in [3.8, 4) is 0 Å². The highest BCUT2D eigenvalue weighted by Crippen LogP contribution is 2.28. The lowest BCUT2D eigenvalue weighted by Crippen LogP contribution is -2.46. The summed E-state index contributed by atoms with van der Waals surface area (Å²) in [6, 6.07) is 13.4. The molecule has 0 saturated carbocycles. The molecule has 1 heterocycles. The third-order valence-electron chi connectivity index (χ3n) is 4.59. The van der Waals surface area contributed by atoms with Gasteiger partial charge in [-0.25, -0.2) is 0 Å². The van der Waals surface area contributed by atoms with Crippen LogP contribution in [0.1, 0.15) is 27.9 Å². The van der Waals surface area contributed by atoms with E-state index in [-0.39, 0.29) is 12.5 Å². The lowest BCUT2D eigenvalue weighted by Gasteiger charge is -2.33. The summed E-state index contributed by atoms with van der Waals surface area (Å²) in [5.41, 5.74) is 3.61. The summed E-state index contributed by atoms with van der Waals surface area (Å²) in [6.45, 7) is 0.244. The Labute approximate surface area is 143 Å². The average molecular weight is 339 g/mol. The van der Waals surface area contributed by atoms with Crippen LogP contribution in [0, 0.1) is 0 Å². The summed E-state index contributed by atoms with van der Waals surface area (Å²) < 4.78 is 8.28. The van der Waals surface area contributed by atoms with E-state index < -0.39 is 5.60 Å². The maximum absolute atomic E-state index is 12.4. The molecule has 0 aliphatic heterocycles. The maximum atomic E-state index is 12.4. The van der Waals surface area contributed by atoms with Crippen LogP contribution in [0.3, 0.4) is 0 Å². The van der Waals surface area contributed by atoms with Crippen LogP contribution < -0.4 is 5.32 Å². The first-order valence-electron chi connectivity index (χ1n) is 7.93. The van der Waals surface area contributed by atoms with Gasteiger partial charge in [-0.15, -0.1) is 0 Å². The van der Waals surface area contributed by atoms with Gasteiger partial charge in [-0.2, -0.15) is 8.75 Å². The Morgan fingerprint density at radius 2 is 1.96 bits per heavy atom. The largest absolute Gasteiger partial charge is 0.388 e. The Kier molecular flexibility index (Phi) is 3.78. The molecule has 0 bridgehead atoms. The van der Waals surface area contributed by atoms with Crippen molar-refractivity contribution in [1.82, 2.24) is 14.1 Å². The molecule has 0 spiro atoms. The standard InChI is InChI=1S/C18H17N3O2S/c22-17(13-5-6-15-16(9-13)21-24-20-15)19-11-18(23)8-7-12-3-1-2-4-14(12)10-18/h1-6,9,23H,7-8,10-11H2,(H,19,22)/t18-/m1/s1. The Morgan fingerprint density at radius 1 is 1.17 bits per heavy atom. The molecule has 1 aromatic heterocycles. The zero-order valence-electron chi connectivity index (χ0n) is 13.0. The summed E-state index contributed by atoms with van der Waals surface area (Å²) in [5, 5.41) is 13.7. The number of carbonyl (C=O) groups excluding carboxylic acids is 1. The molecule has 0 unspecified atom stereocenters. The summed E-state index contributed by atoms with van der Waals surface area (Å²) in [5.74, 6) is -0.197. The molecule has 2 N–H and O–H groups in total. The zero-order valence-corrected chi connectivity index (χ0v) is 13.8. The molecule has 122 valence electrons. The first-order valence-corrected chi connectivity index (χ1v) is 8.66. The molecule has 1 atom stereocenters. The SMILES string of the molecule is O=C(NC[C@@]1(O)CCc2ccccc2C1)c1ccc2nsnc2c1. The third-order valence-corrected chi connectivity index (χ3v) is 5.15. The van der Waals surface area contributed by atoms with Crippen LogP contribution in [0.4, 0.5) is 0 Å². The van der Waals surface area contributed by atoms with Gasteiger partial charge in [0.1, 0.15) is 11.0 Å². The number of nitrogens with zero attached hydrogens (tertiary/aromatic N) is 2. The minimum Gasteiger partial charge on any atom is -0.388 e. The fourth-order valence-electron chi connectivity index (χ4n) is 3.21. The van der Waals surface area contributed by atoms with Crippen molar-refractivity contribution in [2.24, 2.45) is 0 Å². The molecule has 24 heavy (non-hydrogen) atoms. The number of aliphatic hydroxyl groups is 1. The first kappa shape index (κ1) is 15.2. The number of aryl methyl sites for hydroxylation is 1. The second-order valence-electron chi connectivity index (χ2n) is 6.32. The molecule has 2 aromatic carbocycles. The second kappa shape index (κ2) is 5.96. The highest BCUT2D eigenvalue weighted by atomic mass is 32.1. The van der Waals surface area contributed by atoms with Crippen LogP contribution in [0.2, 0.25) is 0 Å². The Bertz CT molecular complexity index is 908. The minimum absolute atomic E-state index is 0.197. The van der Waals surface area contributed by atoms with Crippen LogP contribution in [0.25, 0.3) is 11.0 Å². The summed E-state index contributed by atoms with van der Waals surface area (Å²) >= 11 is 1.13. The van der Waals surface area contributed by atoms with E-state index in [9.17, 15) is 9.90 Å². The van der Waals surface area contributed by atoms with Crippen LogP contribution >= 0.6 is 11.7 Å².